The maximum Gasteiger partial charge on any atom is 0.0413 e. The van der Waals surface area contributed by atoms with Gasteiger partial charge < -0.3 is 4.90 Å². The van der Waals surface area contributed by atoms with Crippen LogP contribution in [0.1, 0.15) is 81.4 Å². The fourth-order valence-corrected chi connectivity index (χ4v) is 6.43. The van der Waals surface area contributed by atoms with Crippen molar-refractivity contribution in [3.05, 3.63) is 132 Å². The van der Waals surface area contributed by atoms with E-state index in [2.05, 4.69) is 139 Å². The number of aryl methyl sites for hydroxylation is 1. The molecule has 0 bridgehead atoms. The number of hydrogen-bond acceptors (Lipinski definition) is 1. The number of nitrogens with zero attached hydrogens (tertiary/aromatic N) is 1. The molecule has 2 saturated carbocycles. The zero-order valence-corrected chi connectivity index (χ0v) is 24.9. The fraction of sp³-hybridized carbons (Fsp3) is 0.350. The lowest BCUT2D eigenvalue weighted by Gasteiger charge is -2.38. The van der Waals surface area contributed by atoms with Crippen molar-refractivity contribution in [3.8, 4) is 0 Å². The van der Waals surface area contributed by atoms with Crippen LogP contribution in [0.25, 0.3) is 12.2 Å². The second-order valence-electron chi connectivity index (χ2n) is 11.8. The minimum absolute atomic E-state index is 0.520. The SMILES string of the molecule is CCc1ccc(N(c2ccc(/C=C/C=C/C3CCCCC3)cc2)C2CCC(/C=C/C=C/c3ccccc3)CC2)cc1. The predicted molar refractivity (Wildman–Crippen MR) is 180 cm³/mol. The maximum absolute atomic E-state index is 2.60. The summed E-state index contributed by atoms with van der Waals surface area (Å²) in [5.41, 5.74) is 6.52. The quantitative estimate of drug-likeness (QED) is 0.231. The van der Waals surface area contributed by atoms with Gasteiger partial charge in [0.15, 0.2) is 0 Å². The third kappa shape index (κ3) is 8.70. The predicted octanol–water partition coefficient (Wildman–Crippen LogP) is 11.4. The Kier molecular flexibility index (Phi) is 10.9. The van der Waals surface area contributed by atoms with Crippen LogP contribution in [0, 0.1) is 11.8 Å². The third-order valence-electron chi connectivity index (χ3n) is 8.92. The van der Waals surface area contributed by atoms with Crippen molar-refractivity contribution < 1.29 is 0 Å². The largest absolute Gasteiger partial charge is 0.338 e. The van der Waals surface area contributed by atoms with Crippen LogP contribution in [0.5, 0.6) is 0 Å². The maximum atomic E-state index is 2.60. The standard InChI is InChI=1S/C40H47N/c1-2-33-21-27-38(28-22-33)41(39-29-23-36(24-30-39)19-11-9-17-34-13-5-3-6-14-34)40-31-25-37(26-32-40)20-12-10-18-35-15-7-4-8-16-35/h3,5-6,9-14,17-22,25-28,31-32,35-36,39H,2,4,7-8,15-16,23-24,29-30H2,1H3/b17-9+,18-10+,19-11+,20-12+. The van der Waals surface area contributed by atoms with E-state index < -0.39 is 0 Å². The molecule has 5 rings (SSSR count). The average Bonchev–Trinajstić information content (AvgIpc) is 3.04. The molecule has 0 aromatic heterocycles. The number of rotatable bonds is 10. The van der Waals surface area contributed by atoms with Gasteiger partial charge in [-0.25, -0.2) is 0 Å². The first-order valence-electron chi connectivity index (χ1n) is 16.0. The highest BCUT2D eigenvalue weighted by Gasteiger charge is 2.26. The average molecular weight is 542 g/mol. The third-order valence-corrected chi connectivity index (χ3v) is 8.92. The summed E-state index contributed by atoms with van der Waals surface area (Å²) in [5, 5.41) is 0. The van der Waals surface area contributed by atoms with Crippen LogP contribution >= 0.6 is 0 Å². The smallest absolute Gasteiger partial charge is 0.0413 e. The minimum atomic E-state index is 0.520. The van der Waals surface area contributed by atoms with Gasteiger partial charge in [0.25, 0.3) is 0 Å². The van der Waals surface area contributed by atoms with E-state index in [1.165, 1.54) is 85.9 Å². The van der Waals surface area contributed by atoms with Crippen molar-refractivity contribution in [2.75, 3.05) is 4.90 Å². The molecule has 2 fully saturated rings. The summed E-state index contributed by atoms with van der Waals surface area (Å²) < 4.78 is 0. The summed E-state index contributed by atoms with van der Waals surface area (Å²) in [6.07, 6.45) is 31.0. The van der Waals surface area contributed by atoms with E-state index in [0.29, 0.717) is 12.0 Å². The highest BCUT2D eigenvalue weighted by atomic mass is 15.2. The molecule has 0 unspecified atom stereocenters. The van der Waals surface area contributed by atoms with E-state index in [4.69, 9.17) is 0 Å². The molecule has 2 aliphatic carbocycles. The van der Waals surface area contributed by atoms with Crippen LogP contribution in [-0.2, 0) is 6.42 Å². The molecule has 212 valence electrons. The molecule has 41 heavy (non-hydrogen) atoms. The first-order chi connectivity index (χ1) is 20.3. The number of benzene rings is 3. The van der Waals surface area contributed by atoms with Crippen LogP contribution in [0.2, 0.25) is 0 Å². The van der Waals surface area contributed by atoms with Gasteiger partial charge in [-0.3, -0.25) is 0 Å². The van der Waals surface area contributed by atoms with Crippen molar-refractivity contribution >= 4 is 23.5 Å². The van der Waals surface area contributed by atoms with E-state index in [-0.39, 0.29) is 0 Å². The highest BCUT2D eigenvalue weighted by Crippen LogP contribution is 2.37. The lowest BCUT2D eigenvalue weighted by atomic mass is 9.84. The van der Waals surface area contributed by atoms with Gasteiger partial charge in [0.1, 0.15) is 0 Å². The second kappa shape index (κ2) is 15.4. The highest BCUT2D eigenvalue weighted by molar-refractivity contribution is 5.66. The lowest BCUT2D eigenvalue weighted by Crippen LogP contribution is -2.34. The fourth-order valence-electron chi connectivity index (χ4n) is 6.43. The Morgan fingerprint density at radius 2 is 1.10 bits per heavy atom. The van der Waals surface area contributed by atoms with Gasteiger partial charge in [0, 0.05) is 17.4 Å². The Bertz CT molecular complexity index is 1280. The molecule has 3 aromatic rings. The summed E-state index contributed by atoms with van der Waals surface area (Å²) in [4.78, 5) is 2.60. The number of allylic oxidation sites excluding steroid dienone is 6. The summed E-state index contributed by atoms with van der Waals surface area (Å²) in [5.74, 6) is 1.44. The Balaban J connectivity index is 1.23. The summed E-state index contributed by atoms with van der Waals surface area (Å²) in [7, 11) is 0. The molecule has 0 amide bonds. The summed E-state index contributed by atoms with van der Waals surface area (Å²) >= 11 is 0. The molecule has 0 radical (unpaired) electrons. The van der Waals surface area contributed by atoms with E-state index in [1.807, 2.05) is 0 Å². The Morgan fingerprint density at radius 1 is 0.561 bits per heavy atom. The zero-order chi connectivity index (χ0) is 28.1. The van der Waals surface area contributed by atoms with Gasteiger partial charge in [-0.1, -0.05) is 129 Å². The van der Waals surface area contributed by atoms with Crippen molar-refractivity contribution in [2.45, 2.75) is 77.2 Å². The molecule has 0 N–H and O–H groups in total. The van der Waals surface area contributed by atoms with Gasteiger partial charge in [0.2, 0.25) is 0 Å². The summed E-state index contributed by atoms with van der Waals surface area (Å²) in [6.45, 7) is 2.23. The molecule has 0 heterocycles. The normalized spacial score (nSPS) is 20.5. The number of hydrogen-bond donors (Lipinski definition) is 0. The molecule has 3 aromatic carbocycles. The van der Waals surface area contributed by atoms with Crippen LogP contribution in [0.4, 0.5) is 11.4 Å². The molecule has 0 saturated heterocycles. The van der Waals surface area contributed by atoms with E-state index >= 15 is 0 Å². The molecule has 1 nitrogen and oxygen atoms in total. The monoisotopic (exact) mass is 541 g/mol. The van der Waals surface area contributed by atoms with Gasteiger partial charge in [-0.15, -0.1) is 0 Å². The first kappa shape index (κ1) is 28.9. The molecule has 0 aliphatic heterocycles. The van der Waals surface area contributed by atoms with Crippen molar-refractivity contribution in [2.24, 2.45) is 11.8 Å². The first-order valence-corrected chi connectivity index (χ1v) is 16.0. The summed E-state index contributed by atoms with van der Waals surface area (Å²) in [6, 6.07) is 29.5. The van der Waals surface area contributed by atoms with Crippen LogP contribution in [0.15, 0.2) is 115 Å². The number of anilines is 2. The molecule has 1 heteroatoms. The van der Waals surface area contributed by atoms with E-state index in [9.17, 15) is 0 Å². The second-order valence-corrected chi connectivity index (χ2v) is 11.8. The van der Waals surface area contributed by atoms with E-state index in [1.54, 1.807) is 0 Å². The van der Waals surface area contributed by atoms with Crippen molar-refractivity contribution in [3.63, 3.8) is 0 Å². The molecule has 0 atom stereocenters. The van der Waals surface area contributed by atoms with Crippen LogP contribution < -0.4 is 4.90 Å². The molecular formula is C40H47N. The van der Waals surface area contributed by atoms with Crippen molar-refractivity contribution in [1.29, 1.82) is 0 Å². The molecular weight excluding hydrogens is 494 g/mol. The Hall–Kier alpha value is -3.58. The van der Waals surface area contributed by atoms with Gasteiger partial charge in [-0.05, 0) is 97.7 Å². The molecule has 0 spiro atoms. The topological polar surface area (TPSA) is 3.24 Å². The van der Waals surface area contributed by atoms with Gasteiger partial charge in [0.05, 0.1) is 0 Å². The molecule has 2 aliphatic rings. The Labute approximate surface area is 249 Å². The van der Waals surface area contributed by atoms with E-state index in [0.717, 1.165) is 12.3 Å². The van der Waals surface area contributed by atoms with Gasteiger partial charge in [-0.2, -0.15) is 0 Å². The minimum Gasteiger partial charge on any atom is -0.338 e. The van der Waals surface area contributed by atoms with Gasteiger partial charge >= 0.3 is 0 Å². The van der Waals surface area contributed by atoms with Crippen LogP contribution in [-0.4, -0.2) is 6.04 Å². The zero-order valence-electron chi connectivity index (χ0n) is 24.9. The van der Waals surface area contributed by atoms with Crippen molar-refractivity contribution in [1.82, 2.24) is 0 Å². The lowest BCUT2D eigenvalue weighted by molar-refractivity contribution is 0.372. The van der Waals surface area contributed by atoms with Crippen LogP contribution in [0.3, 0.4) is 0 Å². The Morgan fingerprint density at radius 3 is 1.68 bits per heavy atom.